The van der Waals surface area contributed by atoms with Crippen LogP contribution in [0, 0.1) is 0 Å². The molecule has 1 aromatic carbocycles. The molecule has 0 aromatic heterocycles. The quantitative estimate of drug-likeness (QED) is 0.823. The van der Waals surface area contributed by atoms with E-state index in [1.807, 2.05) is 31.3 Å². The molecule has 2 unspecified atom stereocenters. The molecule has 0 amide bonds. The average molecular weight is 221 g/mol. The number of benzene rings is 1. The van der Waals surface area contributed by atoms with Gasteiger partial charge in [-0.05, 0) is 26.5 Å². The first-order valence-electron chi connectivity index (χ1n) is 5.63. The van der Waals surface area contributed by atoms with Gasteiger partial charge in [-0.1, -0.05) is 18.2 Å². The van der Waals surface area contributed by atoms with E-state index in [9.17, 15) is 5.11 Å². The molecule has 1 heterocycles. The third-order valence-electron chi connectivity index (χ3n) is 3.50. The third-order valence-corrected chi connectivity index (χ3v) is 3.50. The van der Waals surface area contributed by atoms with Gasteiger partial charge in [0.25, 0.3) is 0 Å². The SMILES string of the molecule is COc1ccccc1C1(O)CC(C)N(C)C1. The topological polar surface area (TPSA) is 32.7 Å². The smallest absolute Gasteiger partial charge is 0.124 e. The maximum Gasteiger partial charge on any atom is 0.124 e. The van der Waals surface area contributed by atoms with Crippen molar-refractivity contribution in [3.63, 3.8) is 0 Å². The van der Waals surface area contributed by atoms with Gasteiger partial charge in [0.05, 0.1) is 7.11 Å². The van der Waals surface area contributed by atoms with Gasteiger partial charge in [0.2, 0.25) is 0 Å². The number of para-hydroxylation sites is 1. The fourth-order valence-electron chi connectivity index (χ4n) is 2.50. The Kier molecular flexibility index (Phi) is 2.91. The number of aliphatic hydroxyl groups is 1. The molecule has 1 aliphatic rings. The first-order chi connectivity index (χ1) is 7.57. The van der Waals surface area contributed by atoms with Crippen molar-refractivity contribution in [3.8, 4) is 5.75 Å². The van der Waals surface area contributed by atoms with E-state index in [1.165, 1.54) is 0 Å². The summed E-state index contributed by atoms with van der Waals surface area (Å²) in [6, 6.07) is 8.11. The average Bonchev–Trinajstić information content (AvgIpc) is 2.54. The number of ether oxygens (including phenoxy) is 1. The Bertz CT molecular complexity index is 368. The second-order valence-corrected chi connectivity index (χ2v) is 4.70. The first-order valence-corrected chi connectivity index (χ1v) is 5.63. The van der Waals surface area contributed by atoms with Gasteiger partial charge in [-0.2, -0.15) is 0 Å². The van der Waals surface area contributed by atoms with Crippen LogP contribution in [0.2, 0.25) is 0 Å². The highest BCUT2D eigenvalue weighted by atomic mass is 16.5. The number of hydrogen-bond donors (Lipinski definition) is 1. The van der Waals surface area contributed by atoms with E-state index in [1.54, 1.807) is 7.11 Å². The van der Waals surface area contributed by atoms with Crippen molar-refractivity contribution < 1.29 is 9.84 Å². The van der Waals surface area contributed by atoms with Crippen molar-refractivity contribution in [1.82, 2.24) is 4.90 Å². The largest absolute Gasteiger partial charge is 0.496 e. The van der Waals surface area contributed by atoms with Gasteiger partial charge in [-0.15, -0.1) is 0 Å². The standard InChI is InChI=1S/C13H19NO2/c1-10-8-13(15,9-14(10)2)11-6-4-5-7-12(11)16-3/h4-7,10,15H,8-9H2,1-3H3. The lowest BCUT2D eigenvalue weighted by atomic mass is 9.91. The Morgan fingerprint density at radius 3 is 2.69 bits per heavy atom. The molecule has 0 bridgehead atoms. The molecule has 1 aliphatic heterocycles. The minimum Gasteiger partial charge on any atom is -0.496 e. The number of β-amino-alcohol motifs (C(OH)–C–C–N with tert-alkyl or cyclic N) is 1. The highest BCUT2D eigenvalue weighted by Crippen LogP contribution is 2.39. The van der Waals surface area contributed by atoms with Crippen LogP contribution in [-0.2, 0) is 5.60 Å². The van der Waals surface area contributed by atoms with E-state index in [4.69, 9.17) is 4.74 Å². The highest BCUT2D eigenvalue weighted by molar-refractivity contribution is 5.39. The van der Waals surface area contributed by atoms with Crippen LogP contribution in [0.5, 0.6) is 5.75 Å². The molecular weight excluding hydrogens is 202 g/mol. The van der Waals surface area contributed by atoms with Gasteiger partial charge in [0, 0.05) is 18.2 Å². The molecule has 0 saturated carbocycles. The second-order valence-electron chi connectivity index (χ2n) is 4.70. The highest BCUT2D eigenvalue weighted by Gasteiger charge is 2.41. The van der Waals surface area contributed by atoms with Crippen LogP contribution in [0.3, 0.4) is 0 Å². The molecule has 1 aromatic rings. The fourth-order valence-corrected chi connectivity index (χ4v) is 2.50. The van der Waals surface area contributed by atoms with E-state index in [2.05, 4.69) is 11.8 Å². The van der Waals surface area contributed by atoms with E-state index in [0.29, 0.717) is 12.6 Å². The molecule has 0 spiro atoms. The summed E-state index contributed by atoms with van der Waals surface area (Å²) >= 11 is 0. The summed E-state index contributed by atoms with van der Waals surface area (Å²) in [5, 5.41) is 10.7. The minimum atomic E-state index is -0.777. The number of likely N-dealkylation sites (N-methyl/N-ethyl adjacent to an activating group) is 1. The lowest BCUT2D eigenvalue weighted by Gasteiger charge is -2.24. The Morgan fingerprint density at radius 1 is 1.44 bits per heavy atom. The van der Waals surface area contributed by atoms with E-state index < -0.39 is 5.60 Å². The van der Waals surface area contributed by atoms with Gasteiger partial charge in [-0.25, -0.2) is 0 Å². The van der Waals surface area contributed by atoms with Crippen molar-refractivity contribution in [1.29, 1.82) is 0 Å². The molecule has 1 N–H and O–H groups in total. The molecule has 2 atom stereocenters. The molecule has 16 heavy (non-hydrogen) atoms. The zero-order chi connectivity index (χ0) is 11.8. The molecule has 1 saturated heterocycles. The second kappa shape index (κ2) is 4.07. The van der Waals surface area contributed by atoms with Crippen LogP contribution in [0.25, 0.3) is 0 Å². The van der Waals surface area contributed by atoms with Crippen molar-refractivity contribution in [2.45, 2.75) is 25.0 Å². The normalized spacial score (nSPS) is 30.6. The third kappa shape index (κ3) is 1.81. The first kappa shape index (κ1) is 11.4. The van der Waals surface area contributed by atoms with Crippen molar-refractivity contribution in [3.05, 3.63) is 29.8 Å². The Labute approximate surface area is 96.6 Å². The predicted octanol–water partition coefficient (Wildman–Crippen LogP) is 1.61. The van der Waals surface area contributed by atoms with Crippen LogP contribution in [0.15, 0.2) is 24.3 Å². The summed E-state index contributed by atoms with van der Waals surface area (Å²) in [5.41, 5.74) is 0.120. The molecule has 2 rings (SSSR count). The minimum absolute atomic E-state index is 0.398. The summed E-state index contributed by atoms with van der Waals surface area (Å²) in [7, 11) is 3.68. The Balaban J connectivity index is 2.37. The zero-order valence-corrected chi connectivity index (χ0v) is 10.1. The summed E-state index contributed by atoms with van der Waals surface area (Å²) < 4.78 is 5.31. The van der Waals surface area contributed by atoms with Gasteiger partial charge < -0.3 is 14.7 Å². The maximum atomic E-state index is 10.7. The summed E-state index contributed by atoms with van der Waals surface area (Å²) in [5.74, 6) is 0.771. The summed E-state index contributed by atoms with van der Waals surface area (Å²) in [6.45, 7) is 2.79. The number of nitrogens with zero attached hydrogens (tertiary/aromatic N) is 1. The van der Waals surface area contributed by atoms with E-state index in [0.717, 1.165) is 17.7 Å². The van der Waals surface area contributed by atoms with Crippen LogP contribution < -0.4 is 4.74 Å². The Hall–Kier alpha value is -1.06. The fraction of sp³-hybridized carbons (Fsp3) is 0.538. The van der Waals surface area contributed by atoms with E-state index >= 15 is 0 Å². The number of hydrogen-bond acceptors (Lipinski definition) is 3. The molecule has 88 valence electrons. The summed E-state index contributed by atoms with van der Waals surface area (Å²) in [6.07, 6.45) is 0.754. The predicted molar refractivity (Wildman–Crippen MR) is 63.6 cm³/mol. The van der Waals surface area contributed by atoms with Gasteiger partial charge in [0.15, 0.2) is 0 Å². The van der Waals surface area contributed by atoms with E-state index in [-0.39, 0.29) is 0 Å². The molecule has 3 heteroatoms. The van der Waals surface area contributed by atoms with Gasteiger partial charge in [-0.3, -0.25) is 0 Å². The number of rotatable bonds is 2. The van der Waals surface area contributed by atoms with Crippen LogP contribution >= 0.6 is 0 Å². The number of methoxy groups -OCH3 is 1. The van der Waals surface area contributed by atoms with Gasteiger partial charge >= 0.3 is 0 Å². The van der Waals surface area contributed by atoms with Crippen molar-refractivity contribution >= 4 is 0 Å². The molecule has 1 fully saturated rings. The van der Waals surface area contributed by atoms with Crippen molar-refractivity contribution in [2.24, 2.45) is 0 Å². The van der Waals surface area contributed by atoms with Gasteiger partial charge in [0.1, 0.15) is 11.4 Å². The monoisotopic (exact) mass is 221 g/mol. The zero-order valence-electron chi connectivity index (χ0n) is 10.1. The van der Waals surface area contributed by atoms with Crippen LogP contribution in [0.4, 0.5) is 0 Å². The lowest BCUT2D eigenvalue weighted by Crippen LogP contribution is -2.29. The Morgan fingerprint density at radius 2 is 2.12 bits per heavy atom. The van der Waals surface area contributed by atoms with Crippen LogP contribution in [-0.4, -0.2) is 36.8 Å². The van der Waals surface area contributed by atoms with Crippen molar-refractivity contribution in [2.75, 3.05) is 20.7 Å². The van der Waals surface area contributed by atoms with Crippen LogP contribution in [0.1, 0.15) is 18.9 Å². The lowest BCUT2D eigenvalue weighted by molar-refractivity contribution is 0.0461. The summed E-state index contributed by atoms with van der Waals surface area (Å²) in [4.78, 5) is 2.17. The molecule has 0 aliphatic carbocycles. The number of likely N-dealkylation sites (tertiary alicyclic amines) is 1. The molecular formula is C13H19NO2. The molecule has 0 radical (unpaired) electrons. The maximum absolute atomic E-state index is 10.7. The molecule has 3 nitrogen and oxygen atoms in total.